The Bertz CT molecular complexity index is 1460. The fourth-order valence-corrected chi connectivity index (χ4v) is 7.28. The summed E-state index contributed by atoms with van der Waals surface area (Å²) in [6, 6.07) is 5.48. The first-order valence-corrected chi connectivity index (χ1v) is 14.6. The maximum atomic E-state index is 13.9. The molecular formula is C26H36N6O4S. The van der Waals surface area contributed by atoms with E-state index in [9.17, 15) is 13.2 Å². The van der Waals surface area contributed by atoms with Gasteiger partial charge in [-0.15, -0.1) is 0 Å². The summed E-state index contributed by atoms with van der Waals surface area (Å²) >= 11 is 0. The Morgan fingerprint density at radius 1 is 1.14 bits per heavy atom. The van der Waals surface area contributed by atoms with Crippen molar-refractivity contribution in [3.63, 3.8) is 0 Å². The number of hydrogen-bond donors (Lipinski definition) is 1. The third kappa shape index (κ3) is 4.68. The maximum absolute atomic E-state index is 13.9. The van der Waals surface area contributed by atoms with Crippen molar-refractivity contribution >= 4 is 21.1 Å². The molecule has 2 aromatic heterocycles. The van der Waals surface area contributed by atoms with Crippen LogP contribution < -0.4 is 10.3 Å². The van der Waals surface area contributed by atoms with E-state index in [1.807, 2.05) is 13.8 Å². The number of rotatable bonds is 7. The van der Waals surface area contributed by atoms with Crippen molar-refractivity contribution in [3.8, 4) is 17.1 Å². The Hall–Kier alpha value is -2.76. The highest BCUT2D eigenvalue weighted by Gasteiger charge is 2.37. The number of sulfonamides is 1. The molecular weight excluding hydrogens is 492 g/mol. The molecule has 4 heterocycles. The van der Waals surface area contributed by atoms with Crippen LogP contribution in [-0.2, 0) is 23.5 Å². The fraction of sp³-hybridized carbons (Fsp3) is 0.577. The first kappa shape index (κ1) is 25.9. The topological polar surface area (TPSA) is 113 Å². The summed E-state index contributed by atoms with van der Waals surface area (Å²) < 4.78 is 36.7. The molecule has 3 aromatic rings. The number of fused-ring (bicyclic) bond motifs is 3. The van der Waals surface area contributed by atoms with Gasteiger partial charge in [-0.2, -0.15) is 9.40 Å². The third-order valence-electron chi connectivity index (χ3n) is 7.75. The monoisotopic (exact) mass is 528 g/mol. The minimum absolute atomic E-state index is 0.174. The number of aryl methyl sites for hydroxylation is 2. The van der Waals surface area contributed by atoms with E-state index in [0.29, 0.717) is 54.5 Å². The fourth-order valence-electron chi connectivity index (χ4n) is 5.76. The number of nitrogens with zero attached hydrogens (tertiary/aromatic N) is 5. The number of benzene rings is 1. The second-order valence-electron chi connectivity index (χ2n) is 10.1. The van der Waals surface area contributed by atoms with Gasteiger partial charge in [0.15, 0.2) is 5.52 Å². The molecule has 2 fully saturated rings. The van der Waals surface area contributed by atoms with Crippen LogP contribution in [0.4, 0.5) is 0 Å². The second-order valence-corrected chi connectivity index (χ2v) is 12.0. The molecule has 2 aliphatic heterocycles. The smallest absolute Gasteiger partial charge is 0.277 e. The molecule has 2 aliphatic rings. The van der Waals surface area contributed by atoms with Crippen LogP contribution in [0.3, 0.4) is 0 Å². The highest BCUT2D eigenvalue weighted by molar-refractivity contribution is 7.89. The molecule has 2 bridgehead atoms. The molecule has 5 rings (SSSR count). The van der Waals surface area contributed by atoms with Gasteiger partial charge in [-0.3, -0.25) is 14.4 Å². The van der Waals surface area contributed by atoms with E-state index in [-0.39, 0.29) is 22.3 Å². The second kappa shape index (κ2) is 10.2. The summed E-state index contributed by atoms with van der Waals surface area (Å²) in [6.07, 6.45) is 5.62. The van der Waals surface area contributed by atoms with Gasteiger partial charge in [0.2, 0.25) is 10.0 Å². The Morgan fingerprint density at radius 2 is 1.92 bits per heavy atom. The van der Waals surface area contributed by atoms with Gasteiger partial charge in [-0.05, 0) is 57.9 Å². The Morgan fingerprint density at radius 3 is 2.68 bits per heavy atom. The number of aromatic nitrogens is 4. The van der Waals surface area contributed by atoms with Gasteiger partial charge < -0.3 is 9.72 Å². The number of aromatic amines is 1. The highest BCUT2D eigenvalue weighted by Crippen LogP contribution is 2.34. The summed E-state index contributed by atoms with van der Waals surface area (Å²) in [4.78, 5) is 23.2. The summed E-state index contributed by atoms with van der Waals surface area (Å²) in [5.41, 5.74) is 1.79. The lowest BCUT2D eigenvalue weighted by Crippen LogP contribution is -2.46. The van der Waals surface area contributed by atoms with Crippen LogP contribution in [0.1, 0.15) is 51.6 Å². The van der Waals surface area contributed by atoms with Crippen LogP contribution in [0.2, 0.25) is 0 Å². The summed E-state index contributed by atoms with van der Waals surface area (Å²) in [5.74, 6) is 0.742. The molecule has 10 nitrogen and oxygen atoms in total. The van der Waals surface area contributed by atoms with E-state index in [1.165, 1.54) is 0 Å². The molecule has 1 aromatic carbocycles. The molecule has 200 valence electrons. The molecule has 2 saturated heterocycles. The molecule has 0 aliphatic carbocycles. The van der Waals surface area contributed by atoms with Crippen molar-refractivity contribution in [3.05, 3.63) is 34.2 Å². The van der Waals surface area contributed by atoms with Crippen molar-refractivity contribution in [2.75, 3.05) is 26.7 Å². The molecule has 1 N–H and O–H groups in total. The molecule has 2 atom stereocenters. The minimum Gasteiger partial charge on any atom is -0.493 e. The van der Waals surface area contributed by atoms with E-state index in [0.717, 1.165) is 37.8 Å². The lowest BCUT2D eigenvalue weighted by atomic mass is 9.96. The zero-order chi connectivity index (χ0) is 26.3. The average molecular weight is 529 g/mol. The Balaban J connectivity index is 1.59. The maximum Gasteiger partial charge on any atom is 0.277 e. The van der Waals surface area contributed by atoms with Crippen LogP contribution in [-0.4, -0.2) is 76.2 Å². The molecule has 0 spiro atoms. The van der Waals surface area contributed by atoms with Crippen molar-refractivity contribution in [1.82, 2.24) is 29.0 Å². The van der Waals surface area contributed by atoms with Gasteiger partial charge >= 0.3 is 0 Å². The van der Waals surface area contributed by atoms with Crippen LogP contribution in [0.15, 0.2) is 27.9 Å². The number of H-pyrrole nitrogens is 1. The molecule has 0 saturated carbocycles. The number of likely N-dealkylation sites (N-methyl/N-ethyl adjacent to an activating group) is 1. The SMILES string of the molecule is CCCc1nn(C)c2c(=O)[nH]c(-c3cc(S(=O)(=O)N4CCC5CCCC(C4)N5C)ccc3OCC)nc12. The number of nitrogens with one attached hydrogen (secondary N) is 1. The first-order chi connectivity index (χ1) is 17.7. The van der Waals surface area contributed by atoms with Crippen LogP contribution in [0.25, 0.3) is 22.4 Å². The molecule has 11 heteroatoms. The molecule has 0 amide bonds. The van der Waals surface area contributed by atoms with Crippen molar-refractivity contribution in [2.24, 2.45) is 7.05 Å². The molecule has 2 unspecified atom stereocenters. The standard InChI is InChI=1S/C26H36N6O4S/c1-5-8-21-23-24(31(4)29-21)26(33)28-25(27-23)20-15-19(11-12-22(20)36-6-2)37(34,35)32-14-13-17-9-7-10-18(16-32)30(17)3/h11-12,15,17-18H,5-10,13-14,16H2,1-4H3,(H,27,28,33). The van der Waals surface area contributed by atoms with Crippen molar-refractivity contribution in [1.29, 1.82) is 0 Å². The number of piperidine rings is 1. The largest absolute Gasteiger partial charge is 0.493 e. The van der Waals surface area contributed by atoms with Gasteiger partial charge in [-0.1, -0.05) is 19.8 Å². The minimum atomic E-state index is -3.76. The predicted molar refractivity (Wildman–Crippen MR) is 142 cm³/mol. The van der Waals surface area contributed by atoms with Gasteiger partial charge in [0, 0.05) is 32.2 Å². The summed E-state index contributed by atoms with van der Waals surface area (Å²) in [5, 5.41) is 4.49. The van der Waals surface area contributed by atoms with Crippen LogP contribution in [0, 0.1) is 0 Å². The van der Waals surface area contributed by atoms with Gasteiger partial charge in [0.25, 0.3) is 5.56 Å². The summed E-state index contributed by atoms with van der Waals surface area (Å²) in [6.45, 7) is 5.27. The third-order valence-corrected chi connectivity index (χ3v) is 9.61. The Kier molecular flexibility index (Phi) is 7.12. The normalized spacial score (nSPS) is 21.3. The lowest BCUT2D eigenvalue weighted by molar-refractivity contribution is 0.123. The molecule has 37 heavy (non-hydrogen) atoms. The van der Waals surface area contributed by atoms with Crippen molar-refractivity contribution in [2.45, 2.75) is 69.4 Å². The van der Waals surface area contributed by atoms with Gasteiger partial charge in [0.05, 0.1) is 22.8 Å². The zero-order valence-corrected chi connectivity index (χ0v) is 22.8. The van der Waals surface area contributed by atoms with Crippen LogP contribution >= 0.6 is 0 Å². The first-order valence-electron chi connectivity index (χ1n) is 13.2. The van der Waals surface area contributed by atoms with Crippen molar-refractivity contribution < 1.29 is 13.2 Å². The van der Waals surface area contributed by atoms with E-state index in [4.69, 9.17) is 9.72 Å². The van der Waals surface area contributed by atoms with Gasteiger partial charge in [-0.25, -0.2) is 13.4 Å². The quantitative estimate of drug-likeness (QED) is 0.502. The van der Waals surface area contributed by atoms with E-state index in [2.05, 4.69) is 22.0 Å². The van der Waals surface area contributed by atoms with E-state index in [1.54, 1.807) is 34.2 Å². The van der Waals surface area contributed by atoms with Gasteiger partial charge in [0.1, 0.15) is 17.1 Å². The van der Waals surface area contributed by atoms with E-state index >= 15 is 0 Å². The highest BCUT2D eigenvalue weighted by atomic mass is 32.2. The number of ether oxygens (including phenoxy) is 1. The number of hydrogen-bond acceptors (Lipinski definition) is 7. The summed E-state index contributed by atoms with van der Waals surface area (Å²) in [7, 11) is 0.0806. The average Bonchev–Trinajstić information content (AvgIpc) is 3.16. The molecule has 0 radical (unpaired) electrons. The van der Waals surface area contributed by atoms with Crippen LogP contribution in [0.5, 0.6) is 5.75 Å². The predicted octanol–water partition coefficient (Wildman–Crippen LogP) is 2.92. The zero-order valence-electron chi connectivity index (χ0n) is 22.0. The lowest BCUT2D eigenvalue weighted by Gasteiger charge is -2.37. The Labute approximate surface area is 217 Å². The van der Waals surface area contributed by atoms with E-state index < -0.39 is 10.0 Å².